The first kappa shape index (κ1) is 22.1. The van der Waals surface area contributed by atoms with Gasteiger partial charge in [-0.25, -0.2) is 4.98 Å². The third-order valence-corrected chi connectivity index (χ3v) is 5.94. The van der Waals surface area contributed by atoms with E-state index >= 15 is 0 Å². The molecule has 0 saturated carbocycles. The van der Waals surface area contributed by atoms with Gasteiger partial charge in [0.15, 0.2) is 0 Å². The van der Waals surface area contributed by atoms with E-state index in [0.717, 1.165) is 62.8 Å². The molecule has 1 atom stereocenters. The molecule has 2 aromatic rings. The normalized spacial score (nSPS) is 20.0. The van der Waals surface area contributed by atoms with E-state index in [4.69, 9.17) is 4.98 Å². The molecule has 5 nitrogen and oxygen atoms in total. The van der Waals surface area contributed by atoms with Crippen molar-refractivity contribution in [3.05, 3.63) is 41.4 Å². The van der Waals surface area contributed by atoms with Gasteiger partial charge in [-0.05, 0) is 19.4 Å². The Kier molecular flexibility index (Phi) is 8.51. The lowest BCUT2D eigenvalue weighted by Crippen LogP contribution is -2.52. The van der Waals surface area contributed by atoms with E-state index in [1.165, 1.54) is 5.56 Å². The van der Waals surface area contributed by atoms with E-state index in [2.05, 4.69) is 27.7 Å². The minimum Gasteiger partial charge on any atom is -0.339 e. The lowest BCUT2D eigenvalue weighted by Gasteiger charge is -2.35. The highest BCUT2D eigenvalue weighted by atomic mass is 35.5. The fraction of sp³-hybridized carbons (Fsp3) is 0.474. The zero-order valence-electron chi connectivity index (χ0n) is 15.2. The third-order valence-electron chi connectivity index (χ3n) is 5.00. The van der Waals surface area contributed by atoms with Crippen molar-refractivity contribution in [2.24, 2.45) is 0 Å². The molecule has 8 heteroatoms. The number of rotatable bonds is 4. The van der Waals surface area contributed by atoms with Crippen LogP contribution in [0.1, 0.15) is 18.5 Å². The Labute approximate surface area is 177 Å². The molecule has 0 radical (unpaired) electrons. The molecule has 3 heterocycles. The van der Waals surface area contributed by atoms with Crippen LogP contribution in [-0.4, -0.2) is 59.5 Å². The van der Waals surface area contributed by atoms with Gasteiger partial charge < -0.3 is 10.2 Å². The van der Waals surface area contributed by atoms with E-state index < -0.39 is 0 Å². The van der Waals surface area contributed by atoms with Crippen LogP contribution in [0.4, 0.5) is 0 Å². The Hall–Kier alpha value is -1.18. The molecule has 2 aliphatic rings. The number of carbonyl (C=O) groups excluding carboxylic acids is 1. The van der Waals surface area contributed by atoms with Crippen LogP contribution >= 0.6 is 36.2 Å². The zero-order chi connectivity index (χ0) is 17.1. The molecular formula is C19H26Cl2N4OS. The molecule has 1 N–H and O–H groups in total. The quantitative estimate of drug-likeness (QED) is 0.812. The smallest absolute Gasteiger partial charge is 0.239 e. The number of nitrogens with one attached hydrogen (secondary N) is 1. The Balaban J connectivity index is 0.00000131. The maximum atomic E-state index is 12.5. The molecule has 1 aromatic heterocycles. The van der Waals surface area contributed by atoms with Gasteiger partial charge >= 0.3 is 0 Å². The van der Waals surface area contributed by atoms with Crippen molar-refractivity contribution in [1.29, 1.82) is 0 Å². The fourth-order valence-electron chi connectivity index (χ4n) is 3.56. The minimum atomic E-state index is 0. The van der Waals surface area contributed by atoms with E-state index in [9.17, 15) is 4.79 Å². The van der Waals surface area contributed by atoms with E-state index in [0.29, 0.717) is 0 Å². The Morgan fingerprint density at radius 2 is 1.89 bits per heavy atom. The van der Waals surface area contributed by atoms with Crippen LogP contribution in [0.25, 0.3) is 10.6 Å². The van der Waals surface area contributed by atoms with Crippen LogP contribution in [-0.2, 0) is 11.3 Å². The van der Waals surface area contributed by atoms with Gasteiger partial charge in [-0.3, -0.25) is 9.69 Å². The number of halogens is 2. The fourth-order valence-corrected chi connectivity index (χ4v) is 4.38. The third kappa shape index (κ3) is 5.42. The SMILES string of the molecule is Cl.Cl.O=C(C1CCCN1)N1CCN(Cc2csc(-c3ccccc3)n2)CC1. The van der Waals surface area contributed by atoms with Gasteiger partial charge in [0, 0.05) is 43.7 Å². The second-order valence-electron chi connectivity index (χ2n) is 6.76. The van der Waals surface area contributed by atoms with Crippen molar-refractivity contribution >= 4 is 42.1 Å². The molecule has 1 amide bonds. The van der Waals surface area contributed by atoms with Crippen LogP contribution in [0.15, 0.2) is 35.7 Å². The lowest BCUT2D eigenvalue weighted by molar-refractivity contribution is -0.134. The zero-order valence-corrected chi connectivity index (χ0v) is 17.6. The first-order valence-electron chi connectivity index (χ1n) is 9.04. The average Bonchev–Trinajstić information content (AvgIpc) is 3.35. The molecule has 1 unspecified atom stereocenters. The maximum Gasteiger partial charge on any atom is 0.239 e. The molecule has 2 fully saturated rings. The number of amides is 1. The number of carbonyl (C=O) groups is 1. The number of hydrogen-bond acceptors (Lipinski definition) is 5. The summed E-state index contributed by atoms with van der Waals surface area (Å²) in [6.07, 6.45) is 2.10. The Morgan fingerprint density at radius 1 is 1.15 bits per heavy atom. The first-order valence-corrected chi connectivity index (χ1v) is 9.92. The van der Waals surface area contributed by atoms with Gasteiger partial charge in [0.2, 0.25) is 5.91 Å². The molecule has 0 spiro atoms. The summed E-state index contributed by atoms with van der Waals surface area (Å²) in [6.45, 7) is 5.35. The van der Waals surface area contributed by atoms with Gasteiger partial charge in [-0.1, -0.05) is 30.3 Å². The van der Waals surface area contributed by atoms with Gasteiger partial charge in [0.1, 0.15) is 5.01 Å². The van der Waals surface area contributed by atoms with E-state index in [1.54, 1.807) is 11.3 Å². The highest BCUT2D eigenvalue weighted by Crippen LogP contribution is 2.24. The largest absolute Gasteiger partial charge is 0.339 e. The first-order chi connectivity index (χ1) is 12.3. The monoisotopic (exact) mass is 428 g/mol. The predicted octanol–water partition coefficient (Wildman–Crippen LogP) is 3.05. The van der Waals surface area contributed by atoms with Crippen molar-refractivity contribution in [3.8, 4) is 10.6 Å². The van der Waals surface area contributed by atoms with Gasteiger partial charge in [0.25, 0.3) is 0 Å². The van der Waals surface area contributed by atoms with E-state index in [1.807, 2.05) is 23.1 Å². The Bertz CT molecular complexity index is 714. The summed E-state index contributed by atoms with van der Waals surface area (Å²) in [5.74, 6) is 0.289. The van der Waals surface area contributed by atoms with Crippen molar-refractivity contribution in [2.45, 2.75) is 25.4 Å². The maximum absolute atomic E-state index is 12.5. The van der Waals surface area contributed by atoms with Gasteiger partial charge in [-0.2, -0.15) is 0 Å². The summed E-state index contributed by atoms with van der Waals surface area (Å²) in [4.78, 5) is 21.7. The summed E-state index contributed by atoms with van der Waals surface area (Å²) in [6, 6.07) is 10.4. The Morgan fingerprint density at radius 3 is 2.56 bits per heavy atom. The highest BCUT2D eigenvalue weighted by molar-refractivity contribution is 7.13. The number of nitrogens with zero attached hydrogens (tertiary/aromatic N) is 3. The molecule has 2 saturated heterocycles. The summed E-state index contributed by atoms with van der Waals surface area (Å²) >= 11 is 1.70. The molecule has 4 rings (SSSR count). The van der Waals surface area contributed by atoms with Crippen molar-refractivity contribution in [1.82, 2.24) is 20.1 Å². The second kappa shape index (κ2) is 10.4. The number of thiazole rings is 1. The van der Waals surface area contributed by atoms with Crippen molar-refractivity contribution < 1.29 is 4.79 Å². The highest BCUT2D eigenvalue weighted by Gasteiger charge is 2.29. The van der Waals surface area contributed by atoms with Crippen LogP contribution in [0, 0.1) is 0 Å². The van der Waals surface area contributed by atoms with Crippen LogP contribution in [0.2, 0.25) is 0 Å². The number of benzene rings is 1. The summed E-state index contributed by atoms with van der Waals surface area (Å²) in [5, 5.41) is 6.54. The number of aromatic nitrogens is 1. The predicted molar refractivity (Wildman–Crippen MR) is 115 cm³/mol. The molecule has 27 heavy (non-hydrogen) atoms. The van der Waals surface area contributed by atoms with E-state index in [-0.39, 0.29) is 36.8 Å². The number of hydrogen-bond donors (Lipinski definition) is 1. The second-order valence-corrected chi connectivity index (χ2v) is 7.62. The summed E-state index contributed by atoms with van der Waals surface area (Å²) in [5.41, 5.74) is 2.30. The molecule has 0 aliphatic carbocycles. The summed E-state index contributed by atoms with van der Waals surface area (Å²) < 4.78 is 0. The summed E-state index contributed by atoms with van der Waals surface area (Å²) in [7, 11) is 0. The number of piperazine rings is 1. The molecule has 1 aromatic carbocycles. The van der Waals surface area contributed by atoms with Crippen molar-refractivity contribution in [2.75, 3.05) is 32.7 Å². The van der Waals surface area contributed by atoms with Crippen LogP contribution < -0.4 is 5.32 Å². The minimum absolute atomic E-state index is 0. The topological polar surface area (TPSA) is 48.5 Å². The molecular weight excluding hydrogens is 403 g/mol. The lowest BCUT2D eigenvalue weighted by atomic mass is 10.2. The van der Waals surface area contributed by atoms with Gasteiger partial charge in [0.05, 0.1) is 11.7 Å². The average molecular weight is 429 g/mol. The van der Waals surface area contributed by atoms with Crippen LogP contribution in [0.5, 0.6) is 0 Å². The van der Waals surface area contributed by atoms with Crippen molar-refractivity contribution in [3.63, 3.8) is 0 Å². The molecule has 0 bridgehead atoms. The standard InChI is InChI=1S/C19H24N4OS.2ClH/c24-19(17-7-4-8-20-17)23-11-9-22(10-12-23)13-16-14-25-18(21-16)15-5-2-1-3-6-15;;/h1-3,5-6,14,17,20H,4,7-13H2;2*1H. The van der Waals surface area contributed by atoms with Crippen LogP contribution in [0.3, 0.4) is 0 Å². The molecule has 148 valence electrons. The van der Waals surface area contributed by atoms with Gasteiger partial charge in [-0.15, -0.1) is 36.2 Å². The molecule has 2 aliphatic heterocycles.